The number of nitrogen functional groups attached to an aromatic ring is 1. The van der Waals surface area contributed by atoms with Gasteiger partial charge in [-0.05, 0) is 43.7 Å². The van der Waals surface area contributed by atoms with Gasteiger partial charge in [-0.1, -0.05) is 11.3 Å². The van der Waals surface area contributed by atoms with Crippen molar-refractivity contribution in [2.24, 2.45) is 4.99 Å². The third-order valence-corrected chi connectivity index (χ3v) is 3.89. The van der Waals surface area contributed by atoms with E-state index in [1.165, 1.54) is 23.3 Å². The van der Waals surface area contributed by atoms with Gasteiger partial charge in [0.1, 0.15) is 15.7 Å². The van der Waals surface area contributed by atoms with Gasteiger partial charge in [0, 0.05) is 6.54 Å². The quantitative estimate of drug-likeness (QED) is 0.806. The molecule has 2 N–H and O–H groups in total. The van der Waals surface area contributed by atoms with E-state index in [0.29, 0.717) is 10.6 Å². The number of nitrogens with two attached hydrogens (primary N) is 1. The highest BCUT2D eigenvalue weighted by Gasteiger charge is 2.18. The van der Waals surface area contributed by atoms with E-state index in [2.05, 4.69) is 11.1 Å². The molecule has 0 aliphatic heterocycles. The first-order valence-electron chi connectivity index (χ1n) is 5.62. The van der Waals surface area contributed by atoms with Crippen LogP contribution in [0.4, 0.5) is 5.00 Å². The van der Waals surface area contributed by atoms with Gasteiger partial charge in [0.05, 0.1) is 5.56 Å². The van der Waals surface area contributed by atoms with E-state index in [1.807, 2.05) is 6.92 Å². The van der Waals surface area contributed by atoms with E-state index in [1.54, 1.807) is 0 Å². The van der Waals surface area contributed by atoms with Crippen molar-refractivity contribution in [1.82, 2.24) is 0 Å². The van der Waals surface area contributed by atoms with Gasteiger partial charge in [0.2, 0.25) is 0 Å². The highest BCUT2D eigenvalue weighted by atomic mass is 32.1. The first-order valence-corrected chi connectivity index (χ1v) is 6.44. The summed E-state index contributed by atoms with van der Waals surface area (Å²) in [5.74, 6) is 0. The molecule has 0 aromatic carbocycles. The van der Waals surface area contributed by atoms with Crippen molar-refractivity contribution in [2.75, 3.05) is 12.3 Å². The smallest absolute Gasteiger partial charge is 0.115 e. The molecule has 0 saturated heterocycles. The van der Waals surface area contributed by atoms with Gasteiger partial charge in [0.15, 0.2) is 0 Å². The van der Waals surface area contributed by atoms with Crippen LogP contribution in [0.5, 0.6) is 0 Å². The summed E-state index contributed by atoms with van der Waals surface area (Å²) < 4.78 is 1.04. The molecule has 16 heavy (non-hydrogen) atoms. The standard InChI is InChI=1S/C12H15N3S/c1-2-15-12-9-6-4-3-5-8(9)10(7-13)11(14)16-12/h2-6,14H2,1H3. The van der Waals surface area contributed by atoms with Crippen LogP contribution in [0.3, 0.4) is 0 Å². The van der Waals surface area contributed by atoms with Crippen molar-refractivity contribution in [3.8, 4) is 6.07 Å². The van der Waals surface area contributed by atoms with Crippen LogP contribution in [0.1, 0.15) is 36.5 Å². The predicted molar refractivity (Wildman–Crippen MR) is 66.2 cm³/mol. The molecule has 3 nitrogen and oxygen atoms in total. The zero-order valence-electron chi connectivity index (χ0n) is 9.42. The molecule has 0 radical (unpaired) electrons. The van der Waals surface area contributed by atoms with Gasteiger partial charge < -0.3 is 5.73 Å². The summed E-state index contributed by atoms with van der Waals surface area (Å²) in [6.45, 7) is 2.80. The molecule has 2 rings (SSSR count). The summed E-state index contributed by atoms with van der Waals surface area (Å²) >= 11 is 1.46. The lowest BCUT2D eigenvalue weighted by atomic mass is 9.91. The number of nitriles is 1. The predicted octanol–water partition coefficient (Wildman–Crippen LogP) is 2.00. The first kappa shape index (κ1) is 11.2. The minimum Gasteiger partial charge on any atom is -0.389 e. The lowest BCUT2D eigenvalue weighted by molar-refractivity contribution is 0.680. The fourth-order valence-corrected chi connectivity index (χ4v) is 3.20. The number of hydrogen-bond acceptors (Lipinski definition) is 4. The van der Waals surface area contributed by atoms with Gasteiger partial charge in [-0.2, -0.15) is 5.26 Å². The first-order chi connectivity index (χ1) is 7.77. The van der Waals surface area contributed by atoms with Crippen LogP contribution in [0, 0.1) is 11.3 Å². The van der Waals surface area contributed by atoms with Crippen molar-refractivity contribution >= 4 is 16.3 Å². The maximum absolute atomic E-state index is 9.14. The Morgan fingerprint density at radius 3 is 2.69 bits per heavy atom. The molecule has 0 atom stereocenters. The molecule has 4 heteroatoms. The van der Waals surface area contributed by atoms with Crippen LogP contribution in [0.15, 0.2) is 4.99 Å². The van der Waals surface area contributed by atoms with Crippen LogP contribution in [0.2, 0.25) is 0 Å². The Hall–Kier alpha value is -1.34. The minimum absolute atomic E-state index is 0.621. The van der Waals surface area contributed by atoms with E-state index in [4.69, 9.17) is 11.0 Å². The average Bonchev–Trinajstić information content (AvgIpc) is 2.30. The molecular formula is C12H15N3S. The average molecular weight is 233 g/mol. The molecule has 0 amide bonds. The summed E-state index contributed by atoms with van der Waals surface area (Å²) in [4.78, 5) is 4.49. The summed E-state index contributed by atoms with van der Waals surface area (Å²) in [6.07, 6.45) is 4.37. The van der Waals surface area contributed by atoms with Gasteiger partial charge in [-0.3, -0.25) is 4.99 Å². The fraction of sp³-hybridized carbons (Fsp3) is 0.500. The monoisotopic (exact) mass is 233 g/mol. The highest BCUT2D eigenvalue weighted by Crippen LogP contribution is 2.27. The fourth-order valence-electron chi connectivity index (χ4n) is 2.18. The number of hydrogen-bond donors (Lipinski definition) is 1. The minimum atomic E-state index is 0.621. The zero-order valence-corrected chi connectivity index (χ0v) is 10.2. The van der Waals surface area contributed by atoms with Gasteiger partial charge in [-0.25, -0.2) is 0 Å². The Balaban J connectivity index is 2.73. The number of anilines is 1. The highest BCUT2D eigenvalue weighted by molar-refractivity contribution is 7.13. The normalized spacial score (nSPS) is 15.6. The molecule has 1 aliphatic carbocycles. The topological polar surface area (TPSA) is 62.2 Å². The maximum Gasteiger partial charge on any atom is 0.115 e. The summed E-state index contributed by atoms with van der Waals surface area (Å²) in [6, 6.07) is 2.24. The Kier molecular flexibility index (Phi) is 3.25. The van der Waals surface area contributed by atoms with Crippen molar-refractivity contribution in [2.45, 2.75) is 32.6 Å². The molecule has 0 bridgehead atoms. The second-order valence-corrected chi connectivity index (χ2v) is 4.93. The van der Waals surface area contributed by atoms with E-state index >= 15 is 0 Å². The summed E-state index contributed by atoms with van der Waals surface area (Å²) in [5, 5.41) is 9.76. The molecular weight excluding hydrogens is 218 g/mol. The van der Waals surface area contributed by atoms with Crippen molar-refractivity contribution in [3.05, 3.63) is 21.4 Å². The number of nitrogens with zero attached hydrogens (tertiary/aromatic N) is 2. The van der Waals surface area contributed by atoms with Crippen LogP contribution < -0.4 is 10.4 Å². The van der Waals surface area contributed by atoms with Crippen LogP contribution in [-0.2, 0) is 12.8 Å². The third kappa shape index (κ3) is 1.83. The van der Waals surface area contributed by atoms with E-state index in [9.17, 15) is 0 Å². The second kappa shape index (κ2) is 4.67. The second-order valence-electron chi connectivity index (χ2n) is 3.90. The Morgan fingerprint density at radius 1 is 1.38 bits per heavy atom. The molecule has 0 spiro atoms. The molecule has 0 fully saturated rings. The maximum atomic E-state index is 9.14. The van der Waals surface area contributed by atoms with E-state index < -0.39 is 0 Å². The van der Waals surface area contributed by atoms with Gasteiger partial charge >= 0.3 is 0 Å². The molecule has 0 saturated carbocycles. The van der Waals surface area contributed by atoms with Crippen molar-refractivity contribution in [3.63, 3.8) is 0 Å². The largest absolute Gasteiger partial charge is 0.389 e. The van der Waals surface area contributed by atoms with Crippen molar-refractivity contribution in [1.29, 1.82) is 5.26 Å². The molecule has 1 aliphatic rings. The molecule has 1 aromatic rings. The molecule has 0 unspecified atom stereocenters. The Bertz CT molecular complexity index is 508. The lowest BCUT2D eigenvalue weighted by Crippen LogP contribution is -2.18. The van der Waals surface area contributed by atoms with Crippen LogP contribution in [0.25, 0.3) is 0 Å². The van der Waals surface area contributed by atoms with E-state index in [-0.39, 0.29) is 0 Å². The molecule has 1 aromatic heterocycles. The van der Waals surface area contributed by atoms with Gasteiger partial charge in [0.25, 0.3) is 0 Å². The molecule has 1 heterocycles. The Labute approximate surface area is 99.3 Å². The third-order valence-electron chi connectivity index (χ3n) is 2.89. The van der Waals surface area contributed by atoms with Crippen LogP contribution in [-0.4, -0.2) is 6.54 Å². The van der Waals surface area contributed by atoms with Gasteiger partial charge in [-0.15, -0.1) is 0 Å². The number of rotatable bonds is 1. The molecule has 84 valence electrons. The van der Waals surface area contributed by atoms with Crippen molar-refractivity contribution < 1.29 is 0 Å². The summed E-state index contributed by atoms with van der Waals surface area (Å²) in [5.41, 5.74) is 9.03. The SMILES string of the molecule is CCN=c1sc(N)c(C#N)c2c1CCCC2. The van der Waals surface area contributed by atoms with E-state index in [0.717, 1.165) is 36.0 Å². The lowest BCUT2D eigenvalue weighted by Gasteiger charge is -2.17. The Morgan fingerprint density at radius 2 is 2.06 bits per heavy atom. The number of fused-ring (bicyclic) bond motifs is 1. The zero-order chi connectivity index (χ0) is 11.5. The van der Waals surface area contributed by atoms with Crippen LogP contribution >= 0.6 is 11.3 Å². The summed E-state index contributed by atoms with van der Waals surface area (Å²) in [7, 11) is 0.